The molecule has 0 aliphatic carbocycles. The molecule has 1 fully saturated rings. The Morgan fingerprint density at radius 2 is 2.05 bits per heavy atom. The first kappa shape index (κ1) is 15.2. The van der Waals surface area contributed by atoms with Gasteiger partial charge in [0.1, 0.15) is 5.75 Å². The molecule has 3 rings (SSSR count). The largest absolute Gasteiger partial charge is 0.496 e. The molecular weight excluding hydrogens is 302 g/mol. The molecule has 0 amide bonds. The molecule has 22 heavy (non-hydrogen) atoms. The van der Waals surface area contributed by atoms with Gasteiger partial charge in [0.15, 0.2) is 0 Å². The summed E-state index contributed by atoms with van der Waals surface area (Å²) >= 11 is 0. The van der Waals surface area contributed by atoms with Crippen LogP contribution in [0.3, 0.4) is 0 Å². The standard InChI is InChI=1S/C15H19N3O3S/c1-21-14-3-4-15(12-5-7-17-11-13(12)14)22(19,20)18-9-2-6-16-8-10-18/h3-5,7,11,16H,2,6,8-10H2,1H3. The monoisotopic (exact) mass is 321 g/mol. The van der Waals surface area contributed by atoms with Gasteiger partial charge in [-0.2, -0.15) is 4.31 Å². The molecule has 2 heterocycles. The molecule has 118 valence electrons. The van der Waals surface area contributed by atoms with Crippen LogP contribution in [0.2, 0.25) is 0 Å². The summed E-state index contributed by atoms with van der Waals surface area (Å²) in [6, 6.07) is 5.03. The fraction of sp³-hybridized carbons (Fsp3) is 0.400. The number of pyridine rings is 1. The van der Waals surface area contributed by atoms with Crippen molar-refractivity contribution in [2.24, 2.45) is 0 Å². The quantitative estimate of drug-likeness (QED) is 0.920. The van der Waals surface area contributed by atoms with Crippen LogP contribution in [-0.4, -0.2) is 51.0 Å². The molecule has 0 spiro atoms. The van der Waals surface area contributed by atoms with Crippen molar-refractivity contribution in [1.82, 2.24) is 14.6 Å². The molecule has 7 heteroatoms. The highest BCUT2D eigenvalue weighted by molar-refractivity contribution is 7.89. The lowest BCUT2D eigenvalue weighted by Gasteiger charge is -2.21. The maximum atomic E-state index is 13.0. The van der Waals surface area contributed by atoms with Gasteiger partial charge in [-0.25, -0.2) is 8.42 Å². The van der Waals surface area contributed by atoms with E-state index in [0.717, 1.165) is 13.0 Å². The molecule has 6 nitrogen and oxygen atoms in total. The van der Waals surface area contributed by atoms with Gasteiger partial charge in [0.25, 0.3) is 0 Å². The van der Waals surface area contributed by atoms with Crippen molar-refractivity contribution < 1.29 is 13.2 Å². The van der Waals surface area contributed by atoms with Gasteiger partial charge in [-0.15, -0.1) is 0 Å². The van der Waals surface area contributed by atoms with Crippen LogP contribution in [0.15, 0.2) is 35.5 Å². The lowest BCUT2D eigenvalue weighted by atomic mass is 10.1. The van der Waals surface area contributed by atoms with Crippen LogP contribution >= 0.6 is 0 Å². The van der Waals surface area contributed by atoms with E-state index in [9.17, 15) is 8.42 Å². The van der Waals surface area contributed by atoms with Gasteiger partial charge in [-0.05, 0) is 31.2 Å². The molecule has 1 aliphatic heterocycles. The molecule has 1 aromatic carbocycles. The van der Waals surface area contributed by atoms with Gasteiger partial charge in [-0.3, -0.25) is 4.98 Å². The van der Waals surface area contributed by atoms with Crippen molar-refractivity contribution in [3.63, 3.8) is 0 Å². The first-order valence-corrected chi connectivity index (χ1v) is 8.70. The Kier molecular flexibility index (Phi) is 4.28. The molecule has 2 aromatic rings. The Balaban J connectivity index is 2.13. The predicted octanol–water partition coefficient (Wildman–Crippen LogP) is 1.23. The second-order valence-electron chi connectivity index (χ2n) is 5.19. The third kappa shape index (κ3) is 2.67. The highest BCUT2D eigenvalue weighted by Crippen LogP contribution is 2.31. The summed E-state index contributed by atoms with van der Waals surface area (Å²) in [5.74, 6) is 0.625. The Morgan fingerprint density at radius 1 is 1.18 bits per heavy atom. The average Bonchev–Trinajstić information content (AvgIpc) is 2.83. The van der Waals surface area contributed by atoms with Gasteiger partial charge < -0.3 is 10.1 Å². The molecule has 0 atom stereocenters. The van der Waals surface area contributed by atoms with Gasteiger partial charge >= 0.3 is 0 Å². The van der Waals surface area contributed by atoms with E-state index in [1.54, 1.807) is 42.0 Å². The summed E-state index contributed by atoms with van der Waals surface area (Å²) in [7, 11) is -1.96. The first-order chi connectivity index (χ1) is 10.6. The van der Waals surface area contributed by atoms with E-state index in [2.05, 4.69) is 10.3 Å². The van der Waals surface area contributed by atoms with E-state index in [0.29, 0.717) is 41.1 Å². The van der Waals surface area contributed by atoms with Crippen LogP contribution in [-0.2, 0) is 10.0 Å². The second kappa shape index (κ2) is 6.20. The van der Waals surface area contributed by atoms with Gasteiger partial charge in [0.05, 0.1) is 12.0 Å². The molecule has 0 bridgehead atoms. The maximum Gasteiger partial charge on any atom is 0.243 e. The zero-order valence-electron chi connectivity index (χ0n) is 12.4. The van der Waals surface area contributed by atoms with E-state index in [4.69, 9.17) is 4.74 Å². The van der Waals surface area contributed by atoms with Gasteiger partial charge in [0, 0.05) is 42.8 Å². The molecule has 1 aromatic heterocycles. The summed E-state index contributed by atoms with van der Waals surface area (Å²) in [6.45, 7) is 2.54. The van der Waals surface area contributed by atoms with Crippen molar-refractivity contribution in [3.05, 3.63) is 30.6 Å². The zero-order valence-corrected chi connectivity index (χ0v) is 13.3. The summed E-state index contributed by atoms with van der Waals surface area (Å²) in [4.78, 5) is 4.39. The molecule has 0 unspecified atom stereocenters. The van der Waals surface area contributed by atoms with Crippen molar-refractivity contribution >= 4 is 20.8 Å². The normalized spacial score (nSPS) is 17.3. The van der Waals surface area contributed by atoms with E-state index in [-0.39, 0.29) is 0 Å². The fourth-order valence-electron chi connectivity index (χ4n) is 2.74. The van der Waals surface area contributed by atoms with E-state index in [1.807, 2.05) is 0 Å². The number of ether oxygens (including phenoxy) is 1. The Morgan fingerprint density at radius 3 is 2.86 bits per heavy atom. The molecule has 1 saturated heterocycles. The number of nitrogens with one attached hydrogen (secondary N) is 1. The summed E-state index contributed by atoms with van der Waals surface area (Å²) in [5, 5.41) is 4.57. The fourth-order valence-corrected chi connectivity index (χ4v) is 4.42. The van der Waals surface area contributed by atoms with Gasteiger partial charge in [-0.1, -0.05) is 0 Å². The van der Waals surface area contributed by atoms with Crippen molar-refractivity contribution in [2.75, 3.05) is 33.3 Å². The van der Waals surface area contributed by atoms with Crippen LogP contribution in [0.1, 0.15) is 6.42 Å². The highest BCUT2D eigenvalue weighted by atomic mass is 32.2. The van der Waals surface area contributed by atoms with Gasteiger partial charge in [0.2, 0.25) is 10.0 Å². The number of hydrogen-bond acceptors (Lipinski definition) is 5. The topological polar surface area (TPSA) is 71.5 Å². The number of methoxy groups -OCH3 is 1. The molecular formula is C15H19N3O3S. The molecule has 0 radical (unpaired) electrons. The number of nitrogens with zero attached hydrogens (tertiary/aromatic N) is 2. The Bertz CT molecular complexity index is 769. The van der Waals surface area contributed by atoms with Crippen molar-refractivity contribution in [1.29, 1.82) is 0 Å². The lowest BCUT2D eigenvalue weighted by molar-refractivity contribution is 0.419. The highest BCUT2D eigenvalue weighted by Gasteiger charge is 2.27. The van der Waals surface area contributed by atoms with Crippen LogP contribution in [0.4, 0.5) is 0 Å². The minimum atomic E-state index is -3.53. The number of fused-ring (bicyclic) bond motifs is 1. The van der Waals surface area contributed by atoms with E-state index < -0.39 is 10.0 Å². The Hall–Kier alpha value is -1.70. The molecule has 1 aliphatic rings. The minimum absolute atomic E-state index is 0.313. The number of hydrogen-bond donors (Lipinski definition) is 1. The first-order valence-electron chi connectivity index (χ1n) is 7.26. The third-order valence-corrected chi connectivity index (χ3v) is 5.83. The minimum Gasteiger partial charge on any atom is -0.496 e. The van der Waals surface area contributed by atoms with Crippen LogP contribution in [0, 0.1) is 0 Å². The summed E-state index contributed by atoms with van der Waals surface area (Å²) in [6.07, 6.45) is 4.05. The van der Waals surface area contributed by atoms with Crippen LogP contribution < -0.4 is 10.1 Å². The predicted molar refractivity (Wildman–Crippen MR) is 84.5 cm³/mol. The number of sulfonamides is 1. The third-order valence-electron chi connectivity index (χ3n) is 3.87. The average molecular weight is 321 g/mol. The smallest absolute Gasteiger partial charge is 0.243 e. The van der Waals surface area contributed by atoms with E-state index in [1.165, 1.54) is 0 Å². The summed E-state index contributed by atoms with van der Waals surface area (Å²) < 4.78 is 32.8. The number of benzene rings is 1. The van der Waals surface area contributed by atoms with Crippen molar-refractivity contribution in [2.45, 2.75) is 11.3 Å². The van der Waals surface area contributed by atoms with E-state index >= 15 is 0 Å². The second-order valence-corrected chi connectivity index (χ2v) is 7.10. The number of aromatic nitrogens is 1. The van der Waals surface area contributed by atoms with Crippen molar-refractivity contribution in [3.8, 4) is 5.75 Å². The van der Waals surface area contributed by atoms with Crippen LogP contribution in [0.25, 0.3) is 10.8 Å². The zero-order chi connectivity index (χ0) is 15.6. The van der Waals surface area contributed by atoms with Crippen LogP contribution in [0.5, 0.6) is 5.75 Å². The Labute approximate surface area is 130 Å². The SMILES string of the molecule is COc1ccc(S(=O)(=O)N2CCCNCC2)c2ccncc12. The molecule has 0 saturated carbocycles. The lowest BCUT2D eigenvalue weighted by Crippen LogP contribution is -2.34. The maximum absolute atomic E-state index is 13.0. The number of rotatable bonds is 3. The molecule has 1 N–H and O–H groups in total. The summed E-state index contributed by atoms with van der Waals surface area (Å²) in [5.41, 5.74) is 0.